The minimum Gasteiger partial charge on any atom is -0.378 e. The Morgan fingerprint density at radius 3 is 3.05 bits per heavy atom. The zero-order valence-electron chi connectivity index (χ0n) is 10.9. The summed E-state index contributed by atoms with van der Waals surface area (Å²) in [5, 5.41) is 12.6. The number of aliphatic hydroxyl groups excluding tert-OH is 1. The second-order valence-electron chi connectivity index (χ2n) is 4.79. The van der Waals surface area contributed by atoms with E-state index in [9.17, 15) is 14.3 Å². The van der Waals surface area contributed by atoms with E-state index in [1.165, 1.54) is 18.2 Å². The predicted octanol–water partition coefficient (Wildman–Crippen LogP) is 1.46. The summed E-state index contributed by atoms with van der Waals surface area (Å²) in [4.78, 5) is 11.8. The quantitative estimate of drug-likeness (QED) is 0.868. The first kappa shape index (κ1) is 14.0. The first-order chi connectivity index (χ1) is 9.08. The molecule has 1 aliphatic rings. The molecule has 1 heterocycles. The van der Waals surface area contributed by atoms with Gasteiger partial charge < -0.3 is 15.2 Å². The minimum absolute atomic E-state index is 0.0334. The molecule has 4 nitrogen and oxygen atoms in total. The summed E-state index contributed by atoms with van der Waals surface area (Å²) in [5.74, 6) is -0.836. The van der Waals surface area contributed by atoms with E-state index in [-0.39, 0.29) is 11.9 Å². The molecule has 5 heteroatoms. The third kappa shape index (κ3) is 3.52. The SMILES string of the molecule is Cc1cc(C(O)C(=O)NCC2CCCO2)ccc1F. The van der Waals surface area contributed by atoms with Gasteiger partial charge in [0.2, 0.25) is 0 Å². The summed E-state index contributed by atoms with van der Waals surface area (Å²) in [7, 11) is 0. The van der Waals surface area contributed by atoms with Crippen LogP contribution in [0.3, 0.4) is 0 Å². The third-order valence-corrected chi connectivity index (χ3v) is 3.27. The molecule has 1 aromatic carbocycles. The smallest absolute Gasteiger partial charge is 0.253 e. The molecule has 104 valence electrons. The number of amides is 1. The van der Waals surface area contributed by atoms with Crippen LogP contribution in [0, 0.1) is 12.7 Å². The first-order valence-corrected chi connectivity index (χ1v) is 6.41. The molecule has 2 rings (SSSR count). The summed E-state index contributed by atoms with van der Waals surface area (Å²) < 4.78 is 18.5. The van der Waals surface area contributed by atoms with Gasteiger partial charge >= 0.3 is 0 Å². The normalized spacial score (nSPS) is 20.3. The number of carbonyl (C=O) groups is 1. The van der Waals surface area contributed by atoms with E-state index >= 15 is 0 Å². The van der Waals surface area contributed by atoms with Crippen LogP contribution in [-0.4, -0.2) is 30.3 Å². The Balaban J connectivity index is 1.92. The van der Waals surface area contributed by atoms with Crippen molar-refractivity contribution in [2.75, 3.05) is 13.2 Å². The van der Waals surface area contributed by atoms with Gasteiger partial charge in [0.15, 0.2) is 6.10 Å². The Morgan fingerprint density at radius 2 is 2.42 bits per heavy atom. The van der Waals surface area contributed by atoms with Crippen molar-refractivity contribution in [2.45, 2.75) is 32.0 Å². The van der Waals surface area contributed by atoms with E-state index in [1.54, 1.807) is 6.92 Å². The largest absolute Gasteiger partial charge is 0.378 e. The molecule has 1 fully saturated rings. The topological polar surface area (TPSA) is 58.6 Å². The first-order valence-electron chi connectivity index (χ1n) is 6.41. The van der Waals surface area contributed by atoms with Gasteiger partial charge in [0.25, 0.3) is 5.91 Å². The fourth-order valence-electron chi connectivity index (χ4n) is 2.11. The highest BCUT2D eigenvalue weighted by molar-refractivity contribution is 5.81. The molecule has 0 bridgehead atoms. The molecule has 0 aliphatic carbocycles. The highest BCUT2D eigenvalue weighted by atomic mass is 19.1. The van der Waals surface area contributed by atoms with Crippen LogP contribution >= 0.6 is 0 Å². The highest BCUT2D eigenvalue weighted by Gasteiger charge is 2.21. The number of hydrogen-bond donors (Lipinski definition) is 2. The van der Waals surface area contributed by atoms with E-state index in [0.29, 0.717) is 17.7 Å². The van der Waals surface area contributed by atoms with E-state index in [0.717, 1.165) is 19.4 Å². The van der Waals surface area contributed by atoms with Crippen molar-refractivity contribution in [1.82, 2.24) is 5.32 Å². The van der Waals surface area contributed by atoms with Gasteiger partial charge in [0.05, 0.1) is 6.10 Å². The maximum absolute atomic E-state index is 13.1. The number of aliphatic hydroxyl groups is 1. The Hall–Kier alpha value is -1.46. The van der Waals surface area contributed by atoms with Crippen molar-refractivity contribution >= 4 is 5.91 Å². The van der Waals surface area contributed by atoms with Crippen molar-refractivity contribution in [3.05, 3.63) is 35.1 Å². The number of ether oxygens (including phenoxy) is 1. The number of halogens is 1. The zero-order valence-corrected chi connectivity index (χ0v) is 10.9. The average molecular weight is 267 g/mol. The summed E-state index contributed by atoms with van der Waals surface area (Å²) in [5.41, 5.74) is 0.798. The van der Waals surface area contributed by atoms with Gasteiger partial charge in [-0.15, -0.1) is 0 Å². The maximum atomic E-state index is 13.1. The lowest BCUT2D eigenvalue weighted by molar-refractivity contribution is -0.130. The standard InChI is InChI=1S/C14H18FNO3/c1-9-7-10(4-5-12(9)15)13(17)14(18)16-8-11-3-2-6-19-11/h4-5,7,11,13,17H,2-3,6,8H2,1H3,(H,16,18). The Kier molecular flexibility index (Phi) is 4.50. The number of aryl methyl sites for hydroxylation is 1. The third-order valence-electron chi connectivity index (χ3n) is 3.27. The lowest BCUT2D eigenvalue weighted by Crippen LogP contribution is -2.35. The molecule has 0 saturated carbocycles. The monoisotopic (exact) mass is 267 g/mol. The van der Waals surface area contributed by atoms with Crippen LogP contribution in [0.2, 0.25) is 0 Å². The van der Waals surface area contributed by atoms with Gasteiger partial charge in [-0.1, -0.05) is 12.1 Å². The van der Waals surface area contributed by atoms with Crippen LogP contribution in [-0.2, 0) is 9.53 Å². The fraction of sp³-hybridized carbons (Fsp3) is 0.500. The Labute approximate surface area is 111 Å². The summed E-state index contributed by atoms with van der Waals surface area (Å²) in [6, 6.07) is 4.14. The molecule has 1 amide bonds. The van der Waals surface area contributed by atoms with Crippen LogP contribution in [0.15, 0.2) is 18.2 Å². The lowest BCUT2D eigenvalue weighted by Gasteiger charge is -2.15. The van der Waals surface area contributed by atoms with Crippen molar-refractivity contribution < 1.29 is 19.0 Å². The van der Waals surface area contributed by atoms with E-state index in [4.69, 9.17) is 4.74 Å². The van der Waals surface area contributed by atoms with Gasteiger partial charge in [-0.3, -0.25) is 4.79 Å². The van der Waals surface area contributed by atoms with Gasteiger partial charge in [-0.05, 0) is 37.0 Å². The zero-order chi connectivity index (χ0) is 13.8. The Morgan fingerprint density at radius 1 is 1.63 bits per heavy atom. The highest BCUT2D eigenvalue weighted by Crippen LogP contribution is 2.17. The van der Waals surface area contributed by atoms with Gasteiger partial charge in [0.1, 0.15) is 5.82 Å². The number of nitrogens with one attached hydrogen (secondary N) is 1. The summed E-state index contributed by atoms with van der Waals surface area (Å²) in [6.07, 6.45) is 0.679. The fourth-order valence-corrected chi connectivity index (χ4v) is 2.11. The van der Waals surface area contributed by atoms with Crippen molar-refractivity contribution in [2.24, 2.45) is 0 Å². The molecule has 2 unspecified atom stereocenters. The van der Waals surface area contributed by atoms with E-state index in [2.05, 4.69) is 5.32 Å². The van der Waals surface area contributed by atoms with Crippen LogP contribution in [0.1, 0.15) is 30.1 Å². The molecule has 1 aliphatic heterocycles. The van der Waals surface area contributed by atoms with Gasteiger partial charge in [-0.2, -0.15) is 0 Å². The van der Waals surface area contributed by atoms with Crippen molar-refractivity contribution in [3.63, 3.8) is 0 Å². The van der Waals surface area contributed by atoms with Crippen LogP contribution in [0.5, 0.6) is 0 Å². The lowest BCUT2D eigenvalue weighted by atomic mass is 10.1. The molecule has 2 atom stereocenters. The second kappa shape index (κ2) is 6.12. The summed E-state index contributed by atoms with van der Waals surface area (Å²) >= 11 is 0. The Bertz CT molecular complexity index is 458. The number of hydrogen-bond acceptors (Lipinski definition) is 3. The summed E-state index contributed by atoms with van der Waals surface area (Å²) in [6.45, 7) is 2.71. The molecule has 1 aromatic rings. The number of carbonyl (C=O) groups excluding carboxylic acids is 1. The maximum Gasteiger partial charge on any atom is 0.253 e. The van der Waals surface area contributed by atoms with Crippen molar-refractivity contribution in [1.29, 1.82) is 0 Å². The molecule has 0 spiro atoms. The number of benzene rings is 1. The van der Waals surface area contributed by atoms with Crippen LogP contribution < -0.4 is 5.32 Å². The van der Waals surface area contributed by atoms with Crippen molar-refractivity contribution in [3.8, 4) is 0 Å². The van der Waals surface area contributed by atoms with Crippen LogP contribution in [0.4, 0.5) is 4.39 Å². The van der Waals surface area contributed by atoms with Gasteiger partial charge in [-0.25, -0.2) is 4.39 Å². The average Bonchev–Trinajstić information content (AvgIpc) is 2.91. The molecular formula is C14H18FNO3. The molecule has 19 heavy (non-hydrogen) atoms. The minimum atomic E-state index is -1.28. The van der Waals surface area contributed by atoms with E-state index in [1.807, 2.05) is 0 Å². The molecule has 0 aromatic heterocycles. The predicted molar refractivity (Wildman–Crippen MR) is 68.1 cm³/mol. The van der Waals surface area contributed by atoms with Gasteiger partial charge in [0, 0.05) is 13.2 Å². The molecule has 0 radical (unpaired) electrons. The van der Waals surface area contributed by atoms with E-state index < -0.39 is 12.0 Å². The number of rotatable bonds is 4. The molecule has 2 N–H and O–H groups in total. The molecular weight excluding hydrogens is 249 g/mol. The second-order valence-corrected chi connectivity index (χ2v) is 4.79. The molecule has 1 saturated heterocycles. The van der Waals surface area contributed by atoms with Crippen LogP contribution in [0.25, 0.3) is 0 Å².